The van der Waals surface area contributed by atoms with Crippen LogP contribution in [0.3, 0.4) is 0 Å². The van der Waals surface area contributed by atoms with Gasteiger partial charge in [-0.15, -0.1) is 0 Å². The molecule has 2 aliphatic heterocycles. The topological polar surface area (TPSA) is 98.2 Å². The first kappa shape index (κ1) is 20.3. The van der Waals surface area contributed by atoms with Gasteiger partial charge in [0.1, 0.15) is 10.4 Å². The molecule has 1 amide bonds. The van der Waals surface area contributed by atoms with Crippen LogP contribution >= 0.6 is 24.0 Å². The molecule has 1 atom stereocenters. The second-order valence-electron chi connectivity index (χ2n) is 6.75. The number of carboxylic acids is 2. The summed E-state index contributed by atoms with van der Waals surface area (Å²) >= 11 is 6.25. The van der Waals surface area contributed by atoms with Crippen LogP contribution in [0.2, 0.25) is 0 Å². The summed E-state index contributed by atoms with van der Waals surface area (Å²) in [5.74, 6) is -2.88. The van der Waals surface area contributed by atoms with Crippen LogP contribution in [0.1, 0.15) is 30.4 Å². The molecule has 2 heterocycles. The normalized spacial score (nSPS) is 19.1. The van der Waals surface area contributed by atoms with Gasteiger partial charge in [0.2, 0.25) is 0 Å². The summed E-state index contributed by atoms with van der Waals surface area (Å²) in [5.41, 5.74) is 3.24. The molecule has 0 unspecified atom stereocenters. The van der Waals surface area contributed by atoms with Gasteiger partial charge in [0.25, 0.3) is 5.91 Å². The molecule has 0 saturated carbocycles. The first-order valence-electron chi connectivity index (χ1n) is 8.83. The molecule has 1 saturated heterocycles. The van der Waals surface area contributed by atoms with E-state index in [9.17, 15) is 19.5 Å². The number of benzene rings is 1. The number of nitrogens with zero attached hydrogens (tertiary/aromatic N) is 2. The molecule has 2 aliphatic rings. The summed E-state index contributed by atoms with van der Waals surface area (Å²) in [4.78, 5) is 38.7. The average molecular weight is 421 g/mol. The summed E-state index contributed by atoms with van der Waals surface area (Å²) in [6.45, 7) is 1.01. The summed E-state index contributed by atoms with van der Waals surface area (Å²) in [5, 5.41) is 18.3. The number of thioether (sulfide) groups is 1. The Balaban J connectivity index is 1.84. The molecule has 7 nitrogen and oxygen atoms in total. The number of carbonyl (C=O) groups excluding carboxylic acids is 1. The molecule has 0 bridgehead atoms. The maximum Gasteiger partial charge on any atom is 0.326 e. The maximum atomic E-state index is 12.8. The largest absolute Gasteiger partial charge is 0.481 e. The summed E-state index contributed by atoms with van der Waals surface area (Å²) < 4.78 is 0.131. The molecule has 1 aromatic carbocycles. The highest BCUT2D eigenvalue weighted by Crippen LogP contribution is 2.36. The number of hydrogen-bond acceptors (Lipinski definition) is 6. The second-order valence-corrected chi connectivity index (χ2v) is 8.43. The van der Waals surface area contributed by atoms with Crippen LogP contribution in [-0.4, -0.2) is 56.9 Å². The fraction of sp³-hybridized carbons (Fsp3) is 0.368. The molecule has 0 spiro atoms. The van der Waals surface area contributed by atoms with Gasteiger partial charge in [-0.25, -0.2) is 4.79 Å². The summed E-state index contributed by atoms with van der Waals surface area (Å²) in [7, 11) is 2.05. The van der Waals surface area contributed by atoms with E-state index in [1.807, 2.05) is 25.2 Å². The Morgan fingerprint density at radius 3 is 2.79 bits per heavy atom. The van der Waals surface area contributed by atoms with Gasteiger partial charge in [-0.05, 0) is 48.6 Å². The number of aliphatic carboxylic acids is 2. The van der Waals surface area contributed by atoms with Crippen LogP contribution in [0.25, 0.3) is 6.08 Å². The van der Waals surface area contributed by atoms with Gasteiger partial charge in [-0.3, -0.25) is 14.5 Å². The number of hydrogen-bond donors (Lipinski definition) is 2. The zero-order valence-corrected chi connectivity index (χ0v) is 16.9. The van der Waals surface area contributed by atoms with E-state index in [0.29, 0.717) is 4.91 Å². The van der Waals surface area contributed by atoms with E-state index in [-0.39, 0.29) is 17.2 Å². The molecular formula is C19H20N2O5S2. The molecule has 1 aromatic rings. The Morgan fingerprint density at radius 2 is 2.11 bits per heavy atom. The molecule has 148 valence electrons. The van der Waals surface area contributed by atoms with Crippen LogP contribution in [0, 0.1) is 0 Å². The molecule has 0 aliphatic carbocycles. The third kappa shape index (κ3) is 4.20. The molecule has 9 heteroatoms. The minimum atomic E-state index is -1.29. The lowest BCUT2D eigenvalue weighted by molar-refractivity contribution is -0.146. The number of aryl methyl sites for hydroxylation is 1. The fourth-order valence-electron chi connectivity index (χ4n) is 3.42. The maximum absolute atomic E-state index is 12.8. The van der Waals surface area contributed by atoms with Crippen molar-refractivity contribution in [2.75, 3.05) is 18.5 Å². The van der Waals surface area contributed by atoms with E-state index in [2.05, 4.69) is 4.90 Å². The highest BCUT2D eigenvalue weighted by molar-refractivity contribution is 8.26. The van der Waals surface area contributed by atoms with Gasteiger partial charge in [-0.1, -0.05) is 30.0 Å². The van der Waals surface area contributed by atoms with Crippen LogP contribution in [0.4, 0.5) is 5.69 Å². The van der Waals surface area contributed by atoms with Gasteiger partial charge in [0.15, 0.2) is 0 Å². The van der Waals surface area contributed by atoms with Crippen LogP contribution < -0.4 is 4.90 Å². The Hall–Kier alpha value is -2.39. The number of amides is 1. The molecule has 28 heavy (non-hydrogen) atoms. The fourth-order valence-corrected chi connectivity index (χ4v) is 4.77. The molecule has 0 radical (unpaired) electrons. The van der Waals surface area contributed by atoms with Crippen LogP contribution in [0.5, 0.6) is 0 Å². The zero-order valence-electron chi connectivity index (χ0n) is 15.3. The van der Waals surface area contributed by atoms with Crippen molar-refractivity contribution < 1.29 is 24.6 Å². The van der Waals surface area contributed by atoms with Crippen molar-refractivity contribution in [1.29, 1.82) is 0 Å². The third-order valence-corrected chi connectivity index (χ3v) is 6.13. The predicted octanol–water partition coefficient (Wildman–Crippen LogP) is 2.59. The highest BCUT2D eigenvalue weighted by Gasteiger charge is 2.40. The van der Waals surface area contributed by atoms with Gasteiger partial charge >= 0.3 is 11.9 Å². The van der Waals surface area contributed by atoms with Crippen molar-refractivity contribution in [3.63, 3.8) is 0 Å². The monoisotopic (exact) mass is 420 g/mol. The number of anilines is 1. The lowest BCUT2D eigenvalue weighted by Crippen LogP contribution is -2.44. The predicted molar refractivity (Wildman–Crippen MR) is 111 cm³/mol. The van der Waals surface area contributed by atoms with E-state index >= 15 is 0 Å². The Morgan fingerprint density at radius 1 is 1.36 bits per heavy atom. The number of carboxylic acid groups (broad SMARTS) is 2. The average Bonchev–Trinajstić information content (AvgIpc) is 2.89. The van der Waals surface area contributed by atoms with Gasteiger partial charge in [0.05, 0.1) is 4.91 Å². The van der Waals surface area contributed by atoms with Crippen LogP contribution in [-0.2, 0) is 20.8 Å². The van der Waals surface area contributed by atoms with E-state index in [4.69, 9.17) is 17.3 Å². The van der Waals surface area contributed by atoms with Crippen molar-refractivity contribution in [2.24, 2.45) is 0 Å². The lowest BCUT2D eigenvalue weighted by atomic mass is 9.99. The lowest BCUT2D eigenvalue weighted by Gasteiger charge is -2.27. The van der Waals surface area contributed by atoms with Crippen molar-refractivity contribution in [1.82, 2.24) is 4.90 Å². The molecular weight excluding hydrogens is 400 g/mol. The van der Waals surface area contributed by atoms with Crippen molar-refractivity contribution in [3.05, 3.63) is 34.2 Å². The zero-order chi connectivity index (χ0) is 20.4. The first-order valence-corrected chi connectivity index (χ1v) is 10.1. The number of thiocarbonyl (C=S) groups is 1. The number of carbonyl (C=O) groups is 3. The van der Waals surface area contributed by atoms with E-state index in [0.717, 1.165) is 41.6 Å². The highest BCUT2D eigenvalue weighted by atomic mass is 32.2. The SMILES string of the molecule is CN1CCCc2cc(/C=C3\SC(=S)N([C@H](CCC(=O)O)C(=O)O)C3=O)ccc21. The first-order chi connectivity index (χ1) is 13.3. The van der Waals surface area contributed by atoms with Crippen molar-refractivity contribution in [2.45, 2.75) is 31.7 Å². The van der Waals surface area contributed by atoms with Crippen LogP contribution in [0.15, 0.2) is 23.1 Å². The Labute approximate surface area is 172 Å². The van der Waals surface area contributed by atoms with E-state index in [1.54, 1.807) is 6.08 Å². The standard InChI is InChI=1S/C19H20N2O5S2/c1-20-8-2-3-12-9-11(4-5-13(12)20)10-15-17(24)21(19(27)28-15)14(18(25)26)6-7-16(22)23/h4-5,9-10,14H,2-3,6-8H2,1H3,(H,22,23)(H,25,26)/b15-10-/t14-/m1/s1. The molecule has 2 N–H and O–H groups in total. The van der Waals surface area contributed by atoms with Crippen molar-refractivity contribution >= 4 is 57.9 Å². The van der Waals surface area contributed by atoms with Gasteiger partial charge in [-0.2, -0.15) is 0 Å². The smallest absolute Gasteiger partial charge is 0.326 e. The molecule has 1 fully saturated rings. The number of fused-ring (bicyclic) bond motifs is 1. The van der Waals surface area contributed by atoms with Gasteiger partial charge in [0, 0.05) is 25.7 Å². The molecule has 0 aromatic heterocycles. The quantitative estimate of drug-likeness (QED) is 0.535. The minimum Gasteiger partial charge on any atom is -0.481 e. The Kier molecular flexibility index (Phi) is 6.04. The van der Waals surface area contributed by atoms with Gasteiger partial charge < -0.3 is 15.1 Å². The van der Waals surface area contributed by atoms with E-state index in [1.165, 1.54) is 11.3 Å². The van der Waals surface area contributed by atoms with Crippen molar-refractivity contribution in [3.8, 4) is 0 Å². The Bertz CT molecular complexity index is 883. The summed E-state index contributed by atoms with van der Waals surface area (Å²) in [6, 6.07) is 4.70. The number of rotatable bonds is 6. The minimum absolute atomic E-state index is 0.131. The summed E-state index contributed by atoms with van der Waals surface area (Å²) in [6.07, 6.45) is 3.20. The third-order valence-electron chi connectivity index (χ3n) is 4.80. The second kappa shape index (κ2) is 8.32. The molecule has 3 rings (SSSR count). The van der Waals surface area contributed by atoms with E-state index < -0.39 is 23.9 Å².